The molecular weight excluding hydrogens is 260 g/mol. The molecule has 1 aromatic rings. The van der Waals surface area contributed by atoms with Gasteiger partial charge in [0.1, 0.15) is 11.8 Å². The van der Waals surface area contributed by atoms with Crippen LogP contribution in [0.25, 0.3) is 0 Å². The number of oxime groups is 1. The van der Waals surface area contributed by atoms with Gasteiger partial charge in [0.2, 0.25) is 5.84 Å². The summed E-state index contributed by atoms with van der Waals surface area (Å²) in [7, 11) is 0. The molecular formula is C10H11ClN4O3. The van der Waals surface area contributed by atoms with E-state index in [0.29, 0.717) is 30.7 Å². The van der Waals surface area contributed by atoms with Gasteiger partial charge in [0, 0.05) is 17.7 Å². The van der Waals surface area contributed by atoms with Gasteiger partial charge in [0.15, 0.2) is 0 Å². The smallest absolute Gasteiger partial charge is 0.263 e. The van der Waals surface area contributed by atoms with E-state index in [4.69, 9.17) is 16.4 Å². The Morgan fingerprint density at radius 2 is 2.39 bits per heavy atom. The van der Waals surface area contributed by atoms with Gasteiger partial charge in [0.25, 0.3) is 6.54 Å². The molecule has 0 radical (unpaired) electrons. The second kappa shape index (κ2) is 5.63. The lowest BCUT2D eigenvalue weighted by Gasteiger charge is -2.26. The maximum Gasteiger partial charge on any atom is 0.263 e. The fourth-order valence-electron chi connectivity index (χ4n) is 1.59. The molecule has 2 rings (SSSR count). The summed E-state index contributed by atoms with van der Waals surface area (Å²) in [6.45, 7) is 1.14. The Hall–Kier alpha value is -1.89. The maximum atomic E-state index is 10.5. The summed E-state index contributed by atoms with van der Waals surface area (Å²) in [5, 5.41) is 14.7. The van der Waals surface area contributed by atoms with Crippen LogP contribution < -0.4 is 0 Å². The maximum absolute atomic E-state index is 10.5. The number of rotatable bonds is 4. The van der Waals surface area contributed by atoms with Crippen molar-refractivity contribution < 1.29 is 9.76 Å². The van der Waals surface area contributed by atoms with E-state index in [1.807, 2.05) is 6.07 Å². The zero-order chi connectivity index (χ0) is 13.0. The molecule has 1 aromatic heterocycles. The van der Waals surface area contributed by atoms with Gasteiger partial charge in [-0.2, -0.15) is 0 Å². The molecule has 0 unspecified atom stereocenters. The summed E-state index contributed by atoms with van der Waals surface area (Å²) in [5.41, 5.74) is 0.914. The average Bonchev–Trinajstić information content (AvgIpc) is 2.34. The van der Waals surface area contributed by atoms with E-state index in [2.05, 4.69) is 10.1 Å². The molecule has 0 atom stereocenters. The topological polar surface area (TPSA) is 80.9 Å². The quantitative estimate of drug-likeness (QED) is 0.466. The number of nitro groups is 1. The summed E-state index contributed by atoms with van der Waals surface area (Å²) in [4.78, 5) is 20.7. The first-order chi connectivity index (χ1) is 8.65. The molecule has 0 amide bonds. The molecule has 0 bridgehead atoms. The molecule has 0 aromatic carbocycles. The van der Waals surface area contributed by atoms with Crippen molar-refractivity contribution in [3.05, 3.63) is 39.2 Å². The minimum Gasteiger partial charge on any atom is -0.392 e. The summed E-state index contributed by atoms with van der Waals surface area (Å²) >= 11 is 5.69. The monoisotopic (exact) mass is 270 g/mol. The molecule has 18 heavy (non-hydrogen) atoms. The molecule has 0 aliphatic carbocycles. The van der Waals surface area contributed by atoms with Gasteiger partial charge in [-0.3, -0.25) is 10.1 Å². The number of amidine groups is 1. The number of pyridine rings is 1. The van der Waals surface area contributed by atoms with Crippen molar-refractivity contribution in [1.29, 1.82) is 0 Å². The SMILES string of the molecule is O=[N+]([O-])CC1=NOCCN1Cc1ccc(Cl)nc1. The molecule has 1 aliphatic rings. The van der Waals surface area contributed by atoms with Crippen molar-refractivity contribution >= 4 is 17.4 Å². The predicted molar refractivity (Wildman–Crippen MR) is 64.9 cm³/mol. The molecule has 0 saturated carbocycles. The molecule has 0 N–H and O–H groups in total. The third-order valence-electron chi connectivity index (χ3n) is 2.42. The van der Waals surface area contributed by atoms with Crippen LogP contribution in [0.5, 0.6) is 0 Å². The lowest BCUT2D eigenvalue weighted by atomic mass is 10.2. The van der Waals surface area contributed by atoms with Crippen molar-refractivity contribution in [3.63, 3.8) is 0 Å². The molecule has 96 valence electrons. The van der Waals surface area contributed by atoms with Gasteiger partial charge < -0.3 is 9.74 Å². The number of aromatic nitrogens is 1. The van der Waals surface area contributed by atoms with Crippen molar-refractivity contribution in [2.24, 2.45) is 5.16 Å². The number of hydrogen-bond acceptors (Lipinski definition) is 6. The van der Waals surface area contributed by atoms with Gasteiger partial charge in [0.05, 0.1) is 6.54 Å². The first kappa shape index (κ1) is 12.6. The van der Waals surface area contributed by atoms with Gasteiger partial charge in [-0.15, -0.1) is 0 Å². The zero-order valence-electron chi connectivity index (χ0n) is 9.45. The minimum absolute atomic E-state index is 0.321. The highest BCUT2D eigenvalue weighted by Gasteiger charge is 2.21. The lowest BCUT2D eigenvalue weighted by Crippen LogP contribution is -2.40. The molecule has 0 spiro atoms. The zero-order valence-corrected chi connectivity index (χ0v) is 10.2. The third-order valence-corrected chi connectivity index (χ3v) is 2.64. The molecule has 2 heterocycles. The largest absolute Gasteiger partial charge is 0.392 e. The third kappa shape index (κ3) is 3.30. The van der Waals surface area contributed by atoms with Crippen LogP contribution >= 0.6 is 11.6 Å². The summed E-state index contributed by atoms with van der Waals surface area (Å²) < 4.78 is 0. The van der Waals surface area contributed by atoms with Crippen molar-refractivity contribution in [1.82, 2.24) is 9.88 Å². The van der Waals surface area contributed by atoms with E-state index in [9.17, 15) is 10.1 Å². The van der Waals surface area contributed by atoms with Gasteiger partial charge in [-0.25, -0.2) is 4.98 Å². The van der Waals surface area contributed by atoms with E-state index < -0.39 is 4.92 Å². The van der Waals surface area contributed by atoms with Gasteiger partial charge in [-0.05, 0) is 11.6 Å². The predicted octanol–water partition coefficient (Wildman–Crippen LogP) is 1.16. The van der Waals surface area contributed by atoms with E-state index in [0.717, 1.165) is 5.56 Å². The Bertz CT molecular complexity index is 463. The number of hydrogen-bond donors (Lipinski definition) is 0. The first-order valence-electron chi connectivity index (χ1n) is 5.31. The van der Waals surface area contributed by atoms with E-state index >= 15 is 0 Å². The Labute approximate surface area is 108 Å². The molecule has 8 heteroatoms. The average molecular weight is 271 g/mol. The fraction of sp³-hybridized carbons (Fsp3) is 0.400. The Kier molecular flexibility index (Phi) is 3.93. The second-order valence-electron chi connectivity index (χ2n) is 3.74. The van der Waals surface area contributed by atoms with Crippen molar-refractivity contribution in [2.75, 3.05) is 19.7 Å². The van der Waals surface area contributed by atoms with E-state index in [1.54, 1.807) is 17.2 Å². The number of nitrogens with zero attached hydrogens (tertiary/aromatic N) is 4. The molecule has 0 fully saturated rings. The highest BCUT2D eigenvalue weighted by atomic mass is 35.5. The lowest BCUT2D eigenvalue weighted by molar-refractivity contribution is -0.464. The van der Waals surface area contributed by atoms with Crippen LogP contribution in [-0.4, -0.2) is 40.3 Å². The number of halogens is 1. The standard InChI is InChI=1S/C10H11ClN4O3/c11-9-2-1-8(5-12-9)6-14-3-4-18-13-10(14)7-15(16)17/h1-2,5H,3-4,6-7H2. The Morgan fingerprint density at radius 3 is 3.06 bits per heavy atom. The highest BCUT2D eigenvalue weighted by molar-refractivity contribution is 6.29. The summed E-state index contributed by atoms with van der Waals surface area (Å²) in [6, 6.07) is 3.51. The molecule has 1 aliphatic heterocycles. The van der Waals surface area contributed by atoms with Crippen LogP contribution in [0.2, 0.25) is 5.15 Å². The summed E-state index contributed by atoms with van der Waals surface area (Å²) in [6.07, 6.45) is 1.64. The first-order valence-corrected chi connectivity index (χ1v) is 5.69. The van der Waals surface area contributed by atoms with E-state index in [-0.39, 0.29) is 6.54 Å². The molecule has 0 saturated heterocycles. The second-order valence-corrected chi connectivity index (χ2v) is 4.13. The fourth-order valence-corrected chi connectivity index (χ4v) is 1.70. The van der Waals surface area contributed by atoms with Crippen LogP contribution in [0.3, 0.4) is 0 Å². The Balaban J connectivity index is 2.06. The van der Waals surface area contributed by atoms with Crippen LogP contribution in [0.1, 0.15) is 5.56 Å². The minimum atomic E-state index is -0.430. The van der Waals surface area contributed by atoms with Crippen molar-refractivity contribution in [3.8, 4) is 0 Å². The summed E-state index contributed by atoms with van der Waals surface area (Å²) in [5.74, 6) is 0.321. The van der Waals surface area contributed by atoms with Crippen LogP contribution in [0.4, 0.5) is 0 Å². The Morgan fingerprint density at radius 1 is 1.56 bits per heavy atom. The van der Waals surface area contributed by atoms with Crippen LogP contribution in [0.15, 0.2) is 23.5 Å². The molecule has 7 nitrogen and oxygen atoms in total. The highest BCUT2D eigenvalue weighted by Crippen LogP contribution is 2.10. The van der Waals surface area contributed by atoms with Gasteiger partial charge in [-0.1, -0.05) is 22.8 Å². The van der Waals surface area contributed by atoms with Crippen LogP contribution in [0, 0.1) is 10.1 Å². The van der Waals surface area contributed by atoms with Crippen molar-refractivity contribution in [2.45, 2.75) is 6.54 Å². The normalized spacial score (nSPS) is 14.9. The van der Waals surface area contributed by atoms with Crippen LogP contribution in [-0.2, 0) is 11.4 Å². The van der Waals surface area contributed by atoms with E-state index in [1.165, 1.54) is 0 Å². The van der Waals surface area contributed by atoms with Gasteiger partial charge >= 0.3 is 0 Å².